The Morgan fingerprint density at radius 3 is 2.89 bits per heavy atom. The third-order valence-electron chi connectivity index (χ3n) is 2.46. The molecule has 1 aliphatic carbocycles. The van der Waals surface area contributed by atoms with Crippen molar-refractivity contribution in [2.75, 3.05) is 13.2 Å². The summed E-state index contributed by atoms with van der Waals surface area (Å²) in [7, 11) is 0. The van der Waals surface area contributed by atoms with Crippen LogP contribution in [-0.4, -0.2) is 30.4 Å². The van der Waals surface area contributed by atoms with E-state index in [1.54, 1.807) is 0 Å². The molecule has 0 aliphatic heterocycles. The van der Waals surface area contributed by atoms with Gasteiger partial charge in [-0.3, -0.25) is 0 Å². The van der Waals surface area contributed by atoms with E-state index < -0.39 is 12.8 Å². The molecule has 0 atom stereocenters. The molecule has 1 aliphatic rings. The van der Waals surface area contributed by atoms with Crippen LogP contribution in [0.3, 0.4) is 0 Å². The molecule has 0 saturated heterocycles. The van der Waals surface area contributed by atoms with Crippen molar-refractivity contribution in [3.05, 3.63) is 17.8 Å². The van der Waals surface area contributed by atoms with Gasteiger partial charge in [0.05, 0.1) is 6.20 Å². The summed E-state index contributed by atoms with van der Waals surface area (Å²) in [5.74, 6) is 0.842. The maximum absolute atomic E-state index is 11.8. The van der Waals surface area contributed by atoms with Crippen molar-refractivity contribution in [2.45, 2.75) is 38.1 Å². The molecule has 0 bridgehead atoms. The fraction of sp³-hybridized carbons (Fsp3) is 0.727. The average molecular weight is 264 g/mol. The summed E-state index contributed by atoms with van der Waals surface area (Å²) in [6, 6.07) is 0.620. The van der Waals surface area contributed by atoms with Gasteiger partial charge in [0.1, 0.15) is 19.0 Å². The van der Waals surface area contributed by atoms with E-state index in [0.29, 0.717) is 24.1 Å². The second kappa shape index (κ2) is 5.71. The van der Waals surface area contributed by atoms with E-state index in [4.69, 9.17) is 4.42 Å². The van der Waals surface area contributed by atoms with Crippen LogP contribution in [0.15, 0.2) is 10.6 Å². The molecule has 0 unspecified atom stereocenters. The molecule has 0 aromatic carbocycles. The fourth-order valence-corrected chi connectivity index (χ4v) is 1.47. The maximum Gasteiger partial charge on any atom is 0.411 e. The molecule has 1 aromatic heterocycles. The molecule has 0 spiro atoms. The zero-order chi connectivity index (χ0) is 13.0. The predicted octanol–water partition coefficient (Wildman–Crippen LogP) is 2.05. The Kier molecular flexibility index (Phi) is 4.23. The number of rotatable bonds is 7. The highest BCUT2D eigenvalue weighted by molar-refractivity contribution is 4.93. The van der Waals surface area contributed by atoms with Crippen molar-refractivity contribution in [1.29, 1.82) is 0 Å². The molecule has 1 fully saturated rings. The quantitative estimate of drug-likeness (QED) is 0.818. The van der Waals surface area contributed by atoms with Crippen LogP contribution in [0.4, 0.5) is 13.2 Å². The molecule has 1 saturated carbocycles. The van der Waals surface area contributed by atoms with Crippen LogP contribution < -0.4 is 5.32 Å². The largest absolute Gasteiger partial charge is 0.443 e. The number of nitrogens with zero attached hydrogens (tertiary/aromatic N) is 1. The fourth-order valence-electron chi connectivity index (χ4n) is 1.47. The number of hydrogen-bond acceptors (Lipinski definition) is 4. The lowest BCUT2D eigenvalue weighted by Gasteiger charge is -2.05. The van der Waals surface area contributed by atoms with Crippen LogP contribution in [0.1, 0.15) is 24.5 Å². The second-order valence-electron chi connectivity index (χ2n) is 4.31. The lowest BCUT2D eigenvalue weighted by atomic mass is 10.4. The summed E-state index contributed by atoms with van der Waals surface area (Å²) in [4.78, 5) is 3.98. The zero-order valence-electron chi connectivity index (χ0n) is 9.79. The van der Waals surface area contributed by atoms with Gasteiger partial charge in [-0.15, -0.1) is 0 Å². The second-order valence-corrected chi connectivity index (χ2v) is 4.31. The number of hydrogen-bond donors (Lipinski definition) is 1. The molecule has 0 amide bonds. The molecular formula is C11H15F3N2O2. The molecule has 4 nitrogen and oxygen atoms in total. The summed E-state index contributed by atoms with van der Waals surface area (Å²) < 4.78 is 45.2. The van der Waals surface area contributed by atoms with E-state index in [0.717, 1.165) is 6.54 Å². The number of nitrogens with one attached hydrogen (secondary N) is 1. The van der Waals surface area contributed by atoms with Crippen molar-refractivity contribution >= 4 is 0 Å². The monoisotopic (exact) mass is 264 g/mol. The minimum absolute atomic E-state index is 0.206. The van der Waals surface area contributed by atoms with E-state index in [1.807, 2.05) is 0 Å². The number of aromatic nitrogens is 1. The summed E-state index contributed by atoms with van der Waals surface area (Å²) in [5.41, 5.74) is 0. The van der Waals surface area contributed by atoms with E-state index in [2.05, 4.69) is 15.0 Å². The van der Waals surface area contributed by atoms with Gasteiger partial charge in [0.25, 0.3) is 0 Å². The topological polar surface area (TPSA) is 47.3 Å². The van der Waals surface area contributed by atoms with Gasteiger partial charge in [-0.2, -0.15) is 13.2 Å². The first kappa shape index (κ1) is 13.4. The Hall–Kier alpha value is -1.08. The Labute approximate surface area is 103 Å². The smallest absolute Gasteiger partial charge is 0.411 e. The maximum atomic E-state index is 11.8. The average Bonchev–Trinajstić information content (AvgIpc) is 2.97. The highest BCUT2D eigenvalue weighted by Crippen LogP contribution is 2.18. The minimum Gasteiger partial charge on any atom is -0.443 e. The van der Waals surface area contributed by atoms with E-state index >= 15 is 0 Å². The van der Waals surface area contributed by atoms with Crippen molar-refractivity contribution in [3.8, 4) is 0 Å². The van der Waals surface area contributed by atoms with Crippen LogP contribution in [0.25, 0.3) is 0 Å². The Morgan fingerprint density at radius 2 is 2.22 bits per heavy atom. The van der Waals surface area contributed by atoms with Gasteiger partial charge in [0.15, 0.2) is 5.89 Å². The number of ether oxygens (including phenoxy) is 1. The third-order valence-corrected chi connectivity index (χ3v) is 2.46. The molecule has 7 heteroatoms. The summed E-state index contributed by atoms with van der Waals surface area (Å²) in [5, 5.41) is 3.30. The van der Waals surface area contributed by atoms with Crippen LogP contribution >= 0.6 is 0 Å². The normalized spacial score (nSPS) is 16.2. The van der Waals surface area contributed by atoms with Crippen LogP contribution in [-0.2, 0) is 17.8 Å². The molecule has 0 radical (unpaired) electrons. The zero-order valence-corrected chi connectivity index (χ0v) is 9.79. The first-order valence-electron chi connectivity index (χ1n) is 5.84. The number of oxazole rings is 1. The highest BCUT2D eigenvalue weighted by atomic mass is 19.4. The number of halogens is 3. The molecular weight excluding hydrogens is 249 g/mol. The third kappa shape index (κ3) is 5.05. The Morgan fingerprint density at radius 1 is 1.44 bits per heavy atom. The van der Waals surface area contributed by atoms with Crippen LogP contribution in [0, 0.1) is 0 Å². The summed E-state index contributed by atoms with van der Waals surface area (Å²) in [6.45, 7) is -0.705. The van der Waals surface area contributed by atoms with Gasteiger partial charge >= 0.3 is 6.18 Å². The Bertz CT molecular complexity index is 375. The standard InChI is InChI=1S/C11H15F3N2O2/c12-11(13,14)7-17-6-9-5-16-10(18-9)3-4-15-8-1-2-8/h5,8,15H,1-4,6-7H2. The SMILES string of the molecule is FC(F)(F)COCc1cnc(CCNC2CC2)o1. The molecule has 1 heterocycles. The van der Waals surface area contributed by atoms with Crippen LogP contribution in [0.5, 0.6) is 0 Å². The van der Waals surface area contributed by atoms with Crippen LogP contribution in [0.2, 0.25) is 0 Å². The van der Waals surface area contributed by atoms with E-state index in [-0.39, 0.29) is 6.61 Å². The van der Waals surface area contributed by atoms with Crippen molar-refractivity contribution in [2.24, 2.45) is 0 Å². The van der Waals surface area contributed by atoms with Crippen molar-refractivity contribution in [3.63, 3.8) is 0 Å². The van der Waals surface area contributed by atoms with Gasteiger partial charge in [-0.1, -0.05) is 0 Å². The predicted molar refractivity (Wildman–Crippen MR) is 56.9 cm³/mol. The van der Waals surface area contributed by atoms with Gasteiger partial charge in [-0.25, -0.2) is 4.98 Å². The Balaban J connectivity index is 1.65. The number of alkyl halides is 3. The van der Waals surface area contributed by atoms with Gasteiger partial charge < -0.3 is 14.5 Å². The van der Waals surface area contributed by atoms with Gasteiger partial charge in [0.2, 0.25) is 0 Å². The molecule has 102 valence electrons. The molecule has 1 N–H and O–H groups in total. The lowest BCUT2D eigenvalue weighted by molar-refractivity contribution is -0.177. The van der Waals surface area contributed by atoms with Gasteiger partial charge in [0, 0.05) is 19.0 Å². The lowest BCUT2D eigenvalue weighted by Crippen LogP contribution is -2.19. The first-order valence-corrected chi connectivity index (χ1v) is 5.84. The van der Waals surface area contributed by atoms with Crippen molar-refractivity contribution < 1.29 is 22.3 Å². The van der Waals surface area contributed by atoms with E-state index in [9.17, 15) is 13.2 Å². The minimum atomic E-state index is -4.31. The molecule has 1 aromatic rings. The van der Waals surface area contributed by atoms with Gasteiger partial charge in [-0.05, 0) is 12.8 Å². The molecule has 2 rings (SSSR count). The highest BCUT2D eigenvalue weighted by Gasteiger charge is 2.27. The van der Waals surface area contributed by atoms with E-state index in [1.165, 1.54) is 19.0 Å². The summed E-state index contributed by atoms with van der Waals surface area (Å²) in [6.07, 6.45) is 0.153. The first-order chi connectivity index (χ1) is 8.53. The molecule has 18 heavy (non-hydrogen) atoms. The summed E-state index contributed by atoms with van der Waals surface area (Å²) >= 11 is 0. The van der Waals surface area contributed by atoms with Crippen molar-refractivity contribution in [1.82, 2.24) is 10.3 Å².